The number of nitrogens with one attached hydrogen (secondary N) is 1. The number of amides is 1. The van der Waals surface area contributed by atoms with Crippen LogP contribution in [0.15, 0.2) is 24.3 Å². The fraction of sp³-hybridized carbons (Fsp3) is 0.417. The van der Waals surface area contributed by atoms with E-state index in [1.807, 2.05) is 31.2 Å². The quantitative estimate of drug-likeness (QED) is 0.844. The first-order valence-electron chi connectivity index (χ1n) is 5.35. The number of rotatable bonds is 2. The van der Waals surface area contributed by atoms with Gasteiger partial charge in [-0.2, -0.15) is 0 Å². The van der Waals surface area contributed by atoms with Crippen molar-refractivity contribution in [3.05, 3.63) is 33.4 Å². The minimum Gasteiger partial charge on any atom is -0.376 e. The Morgan fingerprint density at radius 3 is 2.69 bits per heavy atom. The summed E-state index contributed by atoms with van der Waals surface area (Å²) >= 11 is 2.22. The first kappa shape index (κ1) is 11.9. The first-order chi connectivity index (χ1) is 7.66. The van der Waals surface area contributed by atoms with Crippen molar-refractivity contribution in [3.8, 4) is 0 Å². The zero-order valence-corrected chi connectivity index (χ0v) is 11.2. The number of benzene rings is 1. The summed E-state index contributed by atoms with van der Waals surface area (Å²) in [5.74, 6) is -0.0150. The van der Waals surface area contributed by atoms with Crippen LogP contribution in [0.5, 0.6) is 0 Å². The molecule has 3 nitrogen and oxygen atoms in total. The molecule has 0 aromatic heterocycles. The highest BCUT2D eigenvalue weighted by molar-refractivity contribution is 14.1. The van der Waals surface area contributed by atoms with Gasteiger partial charge in [-0.05, 0) is 60.2 Å². The van der Waals surface area contributed by atoms with E-state index in [4.69, 9.17) is 4.74 Å². The van der Waals surface area contributed by atoms with E-state index in [9.17, 15) is 4.79 Å². The highest BCUT2D eigenvalue weighted by atomic mass is 127. The Labute approximate surface area is 109 Å². The number of carbonyl (C=O) groups is 1. The van der Waals surface area contributed by atoms with Gasteiger partial charge in [0.05, 0.1) is 12.1 Å². The molecule has 0 aliphatic carbocycles. The summed E-state index contributed by atoms with van der Waals surface area (Å²) < 4.78 is 6.54. The molecule has 1 fully saturated rings. The normalized spacial score (nSPS) is 24.4. The van der Waals surface area contributed by atoms with E-state index < -0.39 is 0 Å². The smallest absolute Gasteiger partial charge is 0.251 e. The maximum Gasteiger partial charge on any atom is 0.251 e. The van der Waals surface area contributed by atoms with Gasteiger partial charge < -0.3 is 10.1 Å². The monoisotopic (exact) mass is 331 g/mol. The number of carbonyl (C=O) groups excluding carboxylic acids is 1. The second-order valence-electron chi connectivity index (χ2n) is 3.95. The van der Waals surface area contributed by atoms with E-state index in [-0.39, 0.29) is 18.1 Å². The van der Waals surface area contributed by atoms with Crippen LogP contribution < -0.4 is 5.32 Å². The van der Waals surface area contributed by atoms with Crippen molar-refractivity contribution in [1.29, 1.82) is 0 Å². The summed E-state index contributed by atoms with van der Waals surface area (Å²) in [6.07, 6.45) is 1.02. The Hall–Kier alpha value is -0.620. The molecule has 1 aromatic rings. The van der Waals surface area contributed by atoms with Crippen LogP contribution in [0.4, 0.5) is 0 Å². The molecule has 2 atom stereocenters. The fourth-order valence-electron chi connectivity index (χ4n) is 1.77. The van der Waals surface area contributed by atoms with Crippen LogP contribution in [0.25, 0.3) is 0 Å². The molecule has 1 aromatic carbocycles. The van der Waals surface area contributed by atoms with Gasteiger partial charge in [-0.1, -0.05) is 0 Å². The summed E-state index contributed by atoms with van der Waals surface area (Å²) in [5, 5.41) is 3.00. The van der Waals surface area contributed by atoms with Gasteiger partial charge in [0.25, 0.3) is 5.91 Å². The molecule has 1 aliphatic heterocycles. The Balaban J connectivity index is 2.00. The maximum absolute atomic E-state index is 11.9. The lowest BCUT2D eigenvalue weighted by molar-refractivity contribution is 0.0866. The number of hydrogen-bond donors (Lipinski definition) is 1. The molecule has 0 bridgehead atoms. The molecule has 0 saturated carbocycles. The molecule has 2 unspecified atom stereocenters. The van der Waals surface area contributed by atoms with E-state index in [1.165, 1.54) is 0 Å². The fourth-order valence-corrected chi connectivity index (χ4v) is 2.13. The predicted molar refractivity (Wildman–Crippen MR) is 70.4 cm³/mol. The summed E-state index contributed by atoms with van der Waals surface area (Å²) in [4.78, 5) is 11.9. The molecular weight excluding hydrogens is 317 g/mol. The molecule has 1 aliphatic rings. The molecule has 2 rings (SSSR count). The third kappa shape index (κ3) is 2.74. The van der Waals surface area contributed by atoms with Crippen molar-refractivity contribution in [2.75, 3.05) is 6.61 Å². The second kappa shape index (κ2) is 5.14. The molecule has 1 amide bonds. The molecule has 1 heterocycles. The van der Waals surface area contributed by atoms with E-state index in [0.717, 1.165) is 16.6 Å². The summed E-state index contributed by atoms with van der Waals surface area (Å²) in [6.45, 7) is 2.73. The van der Waals surface area contributed by atoms with E-state index >= 15 is 0 Å². The Kier molecular flexibility index (Phi) is 3.81. The summed E-state index contributed by atoms with van der Waals surface area (Å²) in [5.41, 5.74) is 0.708. The Morgan fingerprint density at radius 2 is 2.12 bits per heavy atom. The van der Waals surface area contributed by atoms with Gasteiger partial charge in [-0.15, -0.1) is 0 Å². The predicted octanol–water partition coefficient (Wildman–Crippen LogP) is 2.20. The van der Waals surface area contributed by atoms with Crippen LogP contribution in [0.2, 0.25) is 0 Å². The summed E-state index contributed by atoms with van der Waals surface area (Å²) in [7, 11) is 0. The summed E-state index contributed by atoms with van der Waals surface area (Å²) in [6, 6.07) is 7.70. The van der Waals surface area contributed by atoms with Crippen molar-refractivity contribution in [2.45, 2.75) is 25.5 Å². The number of ether oxygens (including phenoxy) is 1. The number of halogens is 1. The molecule has 1 saturated heterocycles. The van der Waals surface area contributed by atoms with Crippen LogP contribution >= 0.6 is 22.6 Å². The first-order valence-corrected chi connectivity index (χ1v) is 6.43. The largest absolute Gasteiger partial charge is 0.376 e. The molecule has 86 valence electrons. The highest BCUT2D eigenvalue weighted by Gasteiger charge is 2.25. The van der Waals surface area contributed by atoms with Crippen molar-refractivity contribution >= 4 is 28.5 Å². The average molecular weight is 331 g/mol. The van der Waals surface area contributed by atoms with Gasteiger partial charge in [0.1, 0.15) is 0 Å². The van der Waals surface area contributed by atoms with Crippen molar-refractivity contribution in [2.24, 2.45) is 0 Å². The van der Waals surface area contributed by atoms with E-state index in [1.54, 1.807) is 0 Å². The minimum atomic E-state index is -0.0150. The third-order valence-corrected chi connectivity index (χ3v) is 3.52. The van der Waals surface area contributed by atoms with Gasteiger partial charge in [0.15, 0.2) is 0 Å². The van der Waals surface area contributed by atoms with E-state index in [2.05, 4.69) is 27.9 Å². The number of hydrogen-bond acceptors (Lipinski definition) is 2. The SMILES string of the molecule is CC1OCCC1NC(=O)c1ccc(I)cc1. The van der Waals surface area contributed by atoms with Crippen LogP contribution in [0.3, 0.4) is 0 Å². The van der Waals surface area contributed by atoms with Crippen LogP contribution in [-0.4, -0.2) is 24.7 Å². The Morgan fingerprint density at radius 1 is 1.44 bits per heavy atom. The molecular formula is C12H14INO2. The molecule has 16 heavy (non-hydrogen) atoms. The van der Waals surface area contributed by atoms with Crippen molar-refractivity contribution in [3.63, 3.8) is 0 Å². The Bertz CT molecular complexity index is 377. The van der Waals surface area contributed by atoms with Gasteiger partial charge in [0.2, 0.25) is 0 Å². The lowest BCUT2D eigenvalue weighted by atomic mass is 10.1. The zero-order chi connectivity index (χ0) is 11.5. The lowest BCUT2D eigenvalue weighted by Crippen LogP contribution is -2.39. The molecule has 0 radical (unpaired) electrons. The topological polar surface area (TPSA) is 38.3 Å². The van der Waals surface area contributed by atoms with Gasteiger partial charge in [0, 0.05) is 15.7 Å². The van der Waals surface area contributed by atoms with Gasteiger partial charge in [-0.3, -0.25) is 4.79 Å². The van der Waals surface area contributed by atoms with Crippen LogP contribution in [-0.2, 0) is 4.74 Å². The zero-order valence-electron chi connectivity index (χ0n) is 9.07. The van der Waals surface area contributed by atoms with Crippen LogP contribution in [0.1, 0.15) is 23.7 Å². The van der Waals surface area contributed by atoms with E-state index in [0.29, 0.717) is 5.56 Å². The van der Waals surface area contributed by atoms with Gasteiger partial charge >= 0.3 is 0 Å². The third-order valence-electron chi connectivity index (χ3n) is 2.80. The standard InChI is InChI=1S/C12H14INO2/c1-8-11(6-7-16-8)14-12(15)9-2-4-10(13)5-3-9/h2-5,8,11H,6-7H2,1H3,(H,14,15). The van der Waals surface area contributed by atoms with Crippen LogP contribution in [0, 0.1) is 3.57 Å². The molecule has 4 heteroatoms. The van der Waals surface area contributed by atoms with Gasteiger partial charge in [-0.25, -0.2) is 0 Å². The minimum absolute atomic E-state index is 0.0150. The maximum atomic E-state index is 11.9. The molecule has 0 spiro atoms. The highest BCUT2D eigenvalue weighted by Crippen LogP contribution is 2.14. The molecule has 1 N–H and O–H groups in total. The van der Waals surface area contributed by atoms with Crippen molar-refractivity contribution in [1.82, 2.24) is 5.32 Å². The average Bonchev–Trinajstić information content (AvgIpc) is 2.65. The lowest BCUT2D eigenvalue weighted by Gasteiger charge is -2.15. The van der Waals surface area contributed by atoms with Crippen molar-refractivity contribution < 1.29 is 9.53 Å². The second-order valence-corrected chi connectivity index (χ2v) is 5.20.